The van der Waals surface area contributed by atoms with Crippen LogP contribution in [-0.4, -0.2) is 17.8 Å². The molecule has 19 heavy (non-hydrogen) atoms. The van der Waals surface area contributed by atoms with Crippen LogP contribution in [0.1, 0.15) is 58.6 Å². The lowest BCUT2D eigenvalue weighted by Gasteiger charge is -2.22. The fourth-order valence-corrected chi connectivity index (χ4v) is 2.15. The maximum absolute atomic E-state index is 9.77. The normalized spacial score (nSPS) is 12.6. The molecule has 1 rings (SSSR count). The first kappa shape index (κ1) is 16.0. The molecule has 0 aliphatic carbocycles. The highest BCUT2D eigenvalue weighted by atomic mass is 16.5. The summed E-state index contributed by atoms with van der Waals surface area (Å²) in [5, 5.41) is 9.77. The lowest BCUT2D eigenvalue weighted by Crippen LogP contribution is -2.18. The van der Waals surface area contributed by atoms with Crippen molar-refractivity contribution in [2.75, 3.05) is 7.11 Å². The number of rotatable bonds is 5. The maximum atomic E-state index is 9.77. The van der Waals surface area contributed by atoms with Crippen molar-refractivity contribution >= 4 is 0 Å². The third kappa shape index (κ3) is 5.23. The Morgan fingerprint density at radius 1 is 1.11 bits per heavy atom. The average Bonchev–Trinajstić information content (AvgIpc) is 2.26. The second-order valence-corrected chi connectivity index (χ2v) is 6.94. The molecule has 0 aliphatic rings. The molecule has 1 aromatic carbocycles. The zero-order valence-electron chi connectivity index (χ0n) is 13.2. The summed E-state index contributed by atoms with van der Waals surface area (Å²) in [6.07, 6.45) is 2.71. The van der Waals surface area contributed by atoms with Gasteiger partial charge in [-0.1, -0.05) is 32.9 Å². The minimum Gasteiger partial charge on any atom is -0.496 e. The highest BCUT2D eigenvalue weighted by Crippen LogP contribution is 2.29. The molecule has 0 radical (unpaired) electrons. The van der Waals surface area contributed by atoms with Crippen LogP contribution in [0.3, 0.4) is 0 Å². The van der Waals surface area contributed by atoms with Crippen LogP contribution in [0.25, 0.3) is 0 Å². The first-order valence-electron chi connectivity index (χ1n) is 7.03. The van der Waals surface area contributed by atoms with Crippen LogP contribution in [0.2, 0.25) is 0 Å². The lowest BCUT2D eigenvalue weighted by molar-refractivity contribution is 0.0689. The van der Waals surface area contributed by atoms with E-state index in [0.29, 0.717) is 0 Å². The summed E-state index contributed by atoms with van der Waals surface area (Å²) >= 11 is 0. The monoisotopic (exact) mass is 264 g/mol. The molecule has 0 bridgehead atoms. The van der Waals surface area contributed by atoms with Crippen molar-refractivity contribution in [3.63, 3.8) is 0 Å². The van der Waals surface area contributed by atoms with E-state index in [4.69, 9.17) is 4.74 Å². The molecule has 0 saturated heterocycles. The Kier molecular flexibility index (Phi) is 5.03. The summed E-state index contributed by atoms with van der Waals surface area (Å²) in [5.74, 6) is 0.948. The van der Waals surface area contributed by atoms with Crippen molar-refractivity contribution in [1.82, 2.24) is 0 Å². The third-order valence-corrected chi connectivity index (χ3v) is 3.38. The van der Waals surface area contributed by atoms with Crippen LogP contribution >= 0.6 is 0 Å². The number of aliphatic hydroxyl groups is 1. The van der Waals surface area contributed by atoms with Crippen LogP contribution in [0, 0.1) is 0 Å². The van der Waals surface area contributed by atoms with Crippen molar-refractivity contribution in [1.29, 1.82) is 0 Å². The second kappa shape index (κ2) is 5.96. The molecule has 0 aromatic heterocycles. The molecule has 0 aliphatic heterocycles. The Labute approximate surface area is 117 Å². The summed E-state index contributed by atoms with van der Waals surface area (Å²) in [4.78, 5) is 0. The smallest absolute Gasteiger partial charge is 0.122 e. The molecule has 2 nitrogen and oxygen atoms in total. The molecule has 0 saturated carbocycles. The number of aryl methyl sites for hydroxylation is 1. The largest absolute Gasteiger partial charge is 0.496 e. The topological polar surface area (TPSA) is 29.5 Å². The zero-order chi connectivity index (χ0) is 14.7. The van der Waals surface area contributed by atoms with Gasteiger partial charge in [0, 0.05) is 0 Å². The Morgan fingerprint density at radius 2 is 1.74 bits per heavy atom. The molecular formula is C17H28O2. The maximum Gasteiger partial charge on any atom is 0.122 e. The predicted octanol–water partition coefficient (Wildman–Crippen LogP) is 4.09. The standard InChI is InChI=1S/C17H28O2/c1-16(2,3)14-9-10-15(19-6)13(12-14)8-7-11-17(4,5)18/h9-10,12,18H,7-8,11H2,1-6H3. The van der Waals surface area contributed by atoms with Crippen LogP contribution in [-0.2, 0) is 11.8 Å². The van der Waals surface area contributed by atoms with Gasteiger partial charge in [-0.3, -0.25) is 0 Å². The summed E-state index contributed by atoms with van der Waals surface area (Å²) in [6.45, 7) is 10.4. The van der Waals surface area contributed by atoms with Gasteiger partial charge in [0.15, 0.2) is 0 Å². The quantitative estimate of drug-likeness (QED) is 0.868. The van der Waals surface area contributed by atoms with Gasteiger partial charge in [0.25, 0.3) is 0 Å². The molecule has 108 valence electrons. The van der Waals surface area contributed by atoms with Gasteiger partial charge in [-0.2, -0.15) is 0 Å². The van der Waals surface area contributed by atoms with Crippen LogP contribution < -0.4 is 4.74 Å². The number of ether oxygens (including phenoxy) is 1. The van der Waals surface area contributed by atoms with Gasteiger partial charge in [0.1, 0.15) is 5.75 Å². The van der Waals surface area contributed by atoms with Crippen LogP contribution in [0.15, 0.2) is 18.2 Å². The molecule has 2 heteroatoms. The fourth-order valence-electron chi connectivity index (χ4n) is 2.15. The van der Waals surface area contributed by atoms with Crippen molar-refractivity contribution < 1.29 is 9.84 Å². The summed E-state index contributed by atoms with van der Waals surface area (Å²) in [5.41, 5.74) is 2.12. The van der Waals surface area contributed by atoms with E-state index in [2.05, 4.69) is 39.0 Å². The molecule has 0 atom stereocenters. The number of hydrogen-bond acceptors (Lipinski definition) is 2. The fraction of sp³-hybridized carbons (Fsp3) is 0.647. The summed E-state index contributed by atoms with van der Waals surface area (Å²) in [7, 11) is 1.71. The summed E-state index contributed by atoms with van der Waals surface area (Å²) in [6, 6.07) is 6.43. The van der Waals surface area contributed by atoms with E-state index in [9.17, 15) is 5.11 Å². The van der Waals surface area contributed by atoms with Crippen LogP contribution in [0.5, 0.6) is 5.75 Å². The SMILES string of the molecule is COc1ccc(C(C)(C)C)cc1CCCC(C)(C)O. The van der Waals surface area contributed by atoms with E-state index >= 15 is 0 Å². The minimum atomic E-state index is -0.588. The highest BCUT2D eigenvalue weighted by Gasteiger charge is 2.17. The molecule has 0 amide bonds. The Balaban J connectivity index is 2.85. The Hall–Kier alpha value is -1.02. The van der Waals surface area contributed by atoms with Gasteiger partial charge in [-0.05, 0) is 55.7 Å². The second-order valence-electron chi connectivity index (χ2n) is 6.94. The highest BCUT2D eigenvalue weighted by molar-refractivity contribution is 5.39. The number of benzene rings is 1. The van der Waals surface area contributed by atoms with E-state index in [-0.39, 0.29) is 5.41 Å². The van der Waals surface area contributed by atoms with Crippen molar-refractivity contribution in [2.45, 2.75) is 64.9 Å². The lowest BCUT2D eigenvalue weighted by atomic mass is 9.85. The molecule has 0 spiro atoms. The Morgan fingerprint density at radius 3 is 2.21 bits per heavy atom. The number of methoxy groups -OCH3 is 1. The number of hydrogen-bond donors (Lipinski definition) is 1. The van der Waals surface area contributed by atoms with E-state index in [1.54, 1.807) is 7.11 Å². The van der Waals surface area contributed by atoms with Gasteiger partial charge in [-0.15, -0.1) is 0 Å². The van der Waals surface area contributed by atoms with Gasteiger partial charge in [0.05, 0.1) is 12.7 Å². The first-order valence-corrected chi connectivity index (χ1v) is 7.03. The minimum absolute atomic E-state index is 0.150. The van der Waals surface area contributed by atoms with Gasteiger partial charge in [-0.25, -0.2) is 0 Å². The Bertz CT molecular complexity index is 408. The van der Waals surface area contributed by atoms with Crippen molar-refractivity contribution in [3.8, 4) is 5.75 Å². The molecule has 0 heterocycles. The van der Waals surface area contributed by atoms with E-state index in [1.807, 2.05) is 13.8 Å². The third-order valence-electron chi connectivity index (χ3n) is 3.38. The van der Waals surface area contributed by atoms with Gasteiger partial charge >= 0.3 is 0 Å². The summed E-state index contributed by atoms with van der Waals surface area (Å²) < 4.78 is 5.43. The van der Waals surface area contributed by atoms with Gasteiger partial charge < -0.3 is 9.84 Å². The molecule has 1 aromatic rings. The molecule has 1 N–H and O–H groups in total. The van der Waals surface area contributed by atoms with Gasteiger partial charge in [0.2, 0.25) is 0 Å². The molecule has 0 fully saturated rings. The predicted molar refractivity (Wildman–Crippen MR) is 80.9 cm³/mol. The van der Waals surface area contributed by atoms with Crippen molar-refractivity contribution in [3.05, 3.63) is 29.3 Å². The molecule has 0 unspecified atom stereocenters. The van der Waals surface area contributed by atoms with E-state index in [1.165, 1.54) is 11.1 Å². The van der Waals surface area contributed by atoms with Crippen molar-refractivity contribution in [2.24, 2.45) is 0 Å². The van der Waals surface area contributed by atoms with E-state index < -0.39 is 5.60 Å². The average molecular weight is 264 g/mol. The molecular weight excluding hydrogens is 236 g/mol. The van der Waals surface area contributed by atoms with Crippen LogP contribution in [0.4, 0.5) is 0 Å². The zero-order valence-corrected chi connectivity index (χ0v) is 13.2. The first-order chi connectivity index (χ1) is 8.63. The van der Waals surface area contributed by atoms with E-state index in [0.717, 1.165) is 25.0 Å².